The van der Waals surface area contributed by atoms with Crippen LogP contribution in [0.4, 0.5) is 8.78 Å². The van der Waals surface area contributed by atoms with Gasteiger partial charge in [-0.25, -0.2) is 8.78 Å². The van der Waals surface area contributed by atoms with Crippen LogP contribution in [0.25, 0.3) is 5.65 Å². The first kappa shape index (κ1) is 11.0. The molecule has 0 spiro atoms. The van der Waals surface area contributed by atoms with Gasteiger partial charge < -0.3 is 0 Å². The molecule has 5 heteroatoms. The molecule has 0 atom stereocenters. The van der Waals surface area contributed by atoms with Gasteiger partial charge in [-0.3, -0.25) is 4.40 Å². The molecule has 0 unspecified atom stereocenters. The van der Waals surface area contributed by atoms with Crippen LogP contribution < -0.4 is 0 Å². The van der Waals surface area contributed by atoms with Crippen LogP contribution in [-0.2, 0) is 5.41 Å². The highest BCUT2D eigenvalue weighted by molar-refractivity contribution is 5.51. The van der Waals surface area contributed by atoms with Gasteiger partial charge in [0.05, 0.1) is 0 Å². The van der Waals surface area contributed by atoms with Crippen molar-refractivity contribution >= 4 is 5.65 Å². The van der Waals surface area contributed by atoms with Crippen molar-refractivity contribution in [3.8, 4) is 0 Å². The Hall–Kier alpha value is -1.52. The summed E-state index contributed by atoms with van der Waals surface area (Å²) in [6, 6.07) is 3.63. The maximum atomic E-state index is 12.6. The number of hydrogen-bond donors (Lipinski definition) is 0. The van der Waals surface area contributed by atoms with Gasteiger partial charge in [-0.05, 0) is 11.5 Å². The Morgan fingerprint density at radius 3 is 2.50 bits per heavy atom. The van der Waals surface area contributed by atoms with Gasteiger partial charge >= 0.3 is 0 Å². The molecule has 0 N–H and O–H groups in total. The molecule has 0 bridgehead atoms. The lowest BCUT2D eigenvalue weighted by Gasteiger charge is -2.19. The van der Waals surface area contributed by atoms with Crippen LogP contribution in [0.5, 0.6) is 0 Å². The van der Waals surface area contributed by atoms with E-state index in [1.165, 1.54) is 4.40 Å². The van der Waals surface area contributed by atoms with Crippen LogP contribution in [0.3, 0.4) is 0 Å². The quantitative estimate of drug-likeness (QED) is 0.746. The molecule has 0 aliphatic heterocycles. The topological polar surface area (TPSA) is 30.2 Å². The van der Waals surface area contributed by atoms with Gasteiger partial charge in [0.15, 0.2) is 5.65 Å². The van der Waals surface area contributed by atoms with E-state index < -0.39 is 6.43 Å². The summed E-state index contributed by atoms with van der Waals surface area (Å²) in [6.45, 7) is 6.04. The van der Waals surface area contributed by atoms with E-state index in [1.807, 2.05) is 26.8 Å². The number of alkyl halides is 2. The Bertz CT molecular complexity index is 511. The van der Waals surface area contributed by atoms with Crippen molar-refractivity contribution < 1.29 is 8.78 Å². The van der Waals surface area contributed by atoms with Crippen molar-refractivity contribution in [3.63, 3.8) is 0 Å². The van der Waals surface area contributed by atoms with Crippen molar-refractivity contribution in [2.24, 2.45) is 0 Å². The van der Waals surface area contributed by atoms with E-state index >= 15 is 0 Å². The van der Waals surface area contributed by atoms with Crippen LogP contribution >= 0.6 is 0 Å². The Kier molecular flexibility index (Phi) is 2.40. The lowest BCUT2D eigenvalue weighted by molar-refractivity contribution is 0.139. The van der Waals surface area contributed by atoms with Gasteiger partial charge in [0.2, 0.25) is 5.82 Å². The third kappa shape index (κ3) is 1.66. The SMILES string of the molecule is CC(C)(C)c1cccn2c(C(F)F)nnc12. The molecule has 86 valence electrons. The maximum Gasteiger partial charge on any atom is 0.297 e. The number of aromatic nitrogens is 3. The second-order valence-corrected chi connectivity index (χ2v) is 4.72. The highest BCUT2D eigenvalue weighted by Crippen LogP contribution is 2.27. The molecule has 0 amide bonds. The normalized spacial score (nSPS) is 12.6. The predicted molar refractivity (Wildman–Crippen MR) is 56.6 cm³/mol. The van der Waals surface area contributed by atoms with E-state index in [4.69, 9.17) is 0 Å². The summed E-state index contributed by atoms with van der Waals surface area (Å²) in [4.78, 5) is 0. The fourth-order valence-electron chi connectivity index (χ4n) is 1.67. The first-order chi connectivity index (χ1) is 7.41. The molecular weight excluding hydrogens is 212 g/mol. The molecule has 2 rings (SSSR count). The Morgan fingerprint density at radius 1 is 1.25 bits per heavy atom. The third-order valence-corrected chi connectivity index (χ3v) is 2.46. The van der Waals surface area contributed by atoms with Crippen molar-refractivity contribution in [3.05, 3.63) is 29.7 Å². The molecular formula is C11H13F2N3. The zero-order chi connectivity index (χ0) is 11.9. The average molecular weight is 225 g/mol. The van der Waals surface area contributed by atoms with E-state index in [9.17, 15) is 8.78 Å². The minimum Gasteiger partial charge on any atom is -0.281 e. The Morgan fingerprint density at radius 2 is 1.94 bits per heavy atom. The molecule has 0 aliphatic carbocycles. The Balaban J connectivity index is 2.72. The monoisotopic (exact) mass is 225 g/mol. The van der Waals surface area contributed by atoms with Crippen molar-refractivity contribution in [1.29, 1.82) is 0 Å². The highest BCUT2D eigenvalue weighted by Gasteiger charge is 2.22. The van der Waals surface area contributed by atoms with Gasteiger partial charge in [0, 0.05) is 11.8 Å². The smallest absolute Gasteiger partial charge is 0.281 e. The van der Waals surface area contributed by atoms with Crippen LogP contribution in [0.15, 0.2) is 18.3 Å². The number of halogens is 2. The summed E-state index contributed by atoms with van der Waals surface area (Å²) in [5.74, 6) is -0.305. The third-order valence-electron chi connectivity index (χ3n) is 2.46. The van der Waals surface area contributed by atoms with Gasteiger partial charge in [-0.2, -0.15) is 0 Å². The summed E-state index contributed by atoms with van der Waals surface area (Å²) >= 11 is 0. The van der Waals surface area contributed by atoms with Crippen LogP contribution in [-0.4, -0.2) is 14.6 Å². The van der Waals surface area contributed by atoms with Gasteiger partial charge in [-0.15, -0.1) is 10.2 Å². The summed E-state index contributed by atoms with van der Waals surface area (Å²) < 4.78 is 26.6. The van der Waals surface area contributed by atoms with Crippen LogP contribution in [0.2, 0.25) is 0 Å². The van der Waals surface area contributed by atoms with E-state index in [0.29, 0.717) is 5.65 Å². The fourth-order valence-corrected chi connectivity index (χ4v) is 1.67. The second-order valence-electron chi connectivity index (χ2n) is 4.72. The number of hydrogen-bond acceptors (Lipinski definition) is 2. The molecule has 16 heavy (non-hydrogen) atoms. The predicted octanol–water partition coefficient (Wildman–Crippen LogP) is 2.96. The highest BCUT2D eigenvalue weighted by atomic mass is 19.3. The zero-order valence-electron chi connectivity index (χ0n) is 9.41. The van der Waals surface area contributed by atoms with E-state index in [0.717, 1.165) is 5.56 Å². The van der Waals surface area contributed by atoms with E-state index in [-0.39, 0.29) is 11.2 Å². The molecule has 0 fully saturated rings. The maximum absolute atomic E-state index is 12.6. The van der Waals surface area contributed by atoms with Gasteiger partial charge in [-0.1, -0.05) is 26.8 Å². The van der Waals surface area contributed by atoms with E-state index in [2.05, 4.69) is 10.2 Å². The molecule has 0 saturated carbocycles. The summed E-state index contributed by atoms with van der Waals surface area (Å²) in [6.07, 6.45) is -1.04. The molecule has 2 aromatic heterocycles. The molecule has 0 radical (unpaired) electrons. The minimum atomic E-state index is -2.61. The largest absolute Gasteiger partial charge is 0.297 e. The first-order valence-corrected chi connectivity index (χ1v) is 5.03. The number of fused-ring (bicyclic) bond motifs is 1. The summed E-state index contributed by atoms with van der Waals surface area (Å²) in [7, 11) is 0. The zero-order valence-corrected chi connectivity index (χ0v) is 9.41. The van der Waals surface area contributed by atoms with Gasteiger partial charge in [0.25, 0.3) is 6.43 Å². The summed E-state index contributed by atoms with van der Waals surface area (Å²) in [5.41, 5.74) is 1.27. The molecule has 2 aromatic rings. The van der Waals surface area contributed by atoms with Crippen molar-refractivity contribution in [2.45, 2.75) is 32.6 Å². The van der Waals surface area contributed by atoms with E-state index in [1.54, 1.807) is 12.3 Å². The minimum absolute atomic E-state index is 0.144. The van der Waals surface area contributed by atoms with Crippen molar-refractivity contribution in [2.75, 3.05) is 0 Å². The fraction of sp³-hybridized carbons (Fsp3) is 0.455. The number of pyridine rings is 1. The van der Waals surface area contributed by atoms with Crippen LogP contribution in [0.1, 0.15) is 38.6 Å². The second kappa shape index (κ2) is 3.50. The van der Waals surface area contributed by atoms with Crippen LogP contribution in [0, 0.1) is 0 Å². The van der Waals surface area contributed by atoms with Crippen molar-refractivity contribution in [1.82, 2.24) is 14.6 Å². The lowest BCUT2D eigenvalue weighted by atomic mass is 9.88. The molecule has 2 heterocycles. The summed E-state index contributed by atoms with van der Waals surface area (Å²) in [5, 5.41) is 7.37. The Labute approximate surface area is 92.1 Å². The molecule has 0 aromatic carbocycles. The first-order valence-electron chi connectivity index (χ1n) is 5.03. The number of rotatable bonds is 1. The van der Waals surface area contributed by atoms with Gasteiger partial charge in [0.1, 0.15) is 0 Å². The molecule has 3 nitrogen and oxygen atoms in total. The number of nitrogens with zero attached hydrogens (tertiary/aromatic N) is 3. The molecule has 0 aliphatic rings. The lowest BCUT2D eigenvalue weighted by Crippen LogP contribution is -2.13. The average Bonchev–Trinajstić information content (AvgIpc) is 2.58. The molecule has 0 saturated heterocycles. The standard InChI is InChI=1S/C11H13F2N3/c1-11(2,3)7-5-4-6-16-9(7)14-15-10(16)8(12)13/h4-6,8H,1-3H3.